The summed E-state index contributed by atoms with van der Waals surface area (Å²) in [4.78, 5) is 20.6. The van der Waals surface area contributed by atoms with Crippen molar-refractivity contribution in [3.8, 4) is 0 Å². The van der Waals surface area contributed by atoms with Gasteiger partial charge in [0.05, 0.1) is 6.54 Å². The molecule has 7 heteroatoms. The predicted molar refractivity (Wildman–Crippen MR) is 83.6 cm³/mol. The van der Waals surface area contributed by atoms with Crippen LogP contribution in [-0.2, 0) is 16.1 Å². The molecule has 2 heterocycles. The van der Waals surface area contributed by atoms with Gasteiger partial charge in [0.25, 0.3) is 0 Å². The maximum absolute atomic E-state index is 11.8. The highest BCUT2D eigenvalue weighted by molar-refractivity contribution is 5.74. The van der Waals surface area contributed by atoms with E-state index in [0.29, 0.717) is 30.3 Å². The monoisotopic (exact) mass is 322 g/mol. The van der Waals surface area contributed by atoms with Gasteiger partial charge in [-0.05, 0) is 39.2 Å². The minimum atomic E-state index is -0.162. The lowest BCUT2D eigenvalue weighted by molar-refractivity contribution is -0.130. The van der Waals surface area contributed by atoms with Crippen molar-refractivity contribution >= 4 is 5.91 Å². The van der Waals surface area contributed by atoms with E-state index in [1.807, 2.05) is 11.8 Å². The van der Waals surface area contributed by atoms with Gasteiger partial charge in [-0.25, -0.2) is 0 Å². The van der Waals surface area contributed by atoms with E-state index in [2.05, 4.69) is 15.0 Å². The summed E-state index contributed by atoms with van der Waals surface area (Å²) >= 11 is 0. The molecule has 1 aromatic rings. The second kappa shape index (κ2) is 6.97. The van der Waals surface area contributed by atoms with Crippen molar-refractivity contribution in [1.29, 1.82) is 0 Å². The minimum absolute atomic E-state index is 0.162. The Balaban J connectivity index is 1.60. The molecule has 0 unspecified atom stereocenters. The first kappa shape index (κ1) is 16.4. The number of carbonyl (C=O) groups excluding carboxylic acids is 1. The molecule has 3 rings (SSSR count). The summed E-state index contributed by atoms with van der Waals surface area (Å²) in [6, 6.07) is 0.849. The third kappa shape index (κ3) is 3.90. The Morgan fingerprint density at radius 3 is 2.91 bits per heavy atom. The van der Waals surface area contributed by atoms with Crippen molar-refractivity contribution < 1.29 is 14.1 Å². The van der Waals surface area contributed by atoms with Gasteiger partial charge in [0, 0.05) is 32.7 Å². The topological polar surface area (TPSA) is 71.7 Å². The van der Waals surface area contributed by atoms with Crippen LogP contribution < -0.4 is 0 Å². The van der Waals surface area contributed by atoms with Crippen molar-refractivity contribution in [2.75, 3.05) is 20.2 Å². The highest BCUT2D eigenvalue weighted by atomic mass is 16.5. The van der Waals surface area contributed by atoms with Gasteiger partial charge in [0.15, 0.2) is 5.82 Å². The average molecular weight is 322 g/mol. The highest BCUT2D eigenvalue weighted by Gasteiger charge is 2.35. The molecule has 1 saturated carbocycles. The van der Waals surface area contributed by atoms with Gasteiger partial charge >= 0.3 is 0 Å². The number of methoxy groups -OCH3 is 1. The molecule has 0 bridgehead atoms. The van der Waals surface area contributed by atoms with Crippen LogP contribution >= 0.6 is 0 Å². The Hall–Kier alpha value is -1.47. The second-order valence-corrected chi connectivity index (χ2v) is 6.59. The predicted octanol–water partition coefficient (Wildman–Crippen LogP) is 1.75. The van der Waals surface area contributed by atoms with Crippen molar-refractivity contribution in [3.05, 3.63) is 11.7 Å². The maximum Gasteiger partial charge on any atom is 0.240 e. The lowest BCUT2D eigenvalue weighted by atomic mass is 10.2. The van der Waals surface area contributed by atoms with E-state index in [9.17, 15) is 4.79 Å². The Kier molecular flexibility index (Phi) is 4.96. The smallest absolute Gasteiger partial charge is 0.240 e. The van der Waals surface area contributed by atoms with Crippen LogP contribution in [0, 0.1) is 0 Å². The first-order chi connectivity index (χ1) is 11.1. The maximum atomic E-state index is 11.8. The molecular formula is C16H26N4O3. The Bertz CT molecular complexity index is 543. The molecule has 0 spiro atoms. The largest absolute Gasteiger partial charge is 0.374 e. The molecule has 0 N–H and O–H groups in total. The van der Waals surface area contributed by atoms with Crippen LogP contribution in [0.25, 0.3) is 0 Å². The number of carbonyl (C=O) groups is 1. The zero-order valence-corrected chi connectivity index (χ0v) is 14.2. The van der Waals surface area contributed by atoms with Crippen LogP contribution in [0.3, 0.4) is 0 Å². The summed E-state index contributed by atoms with van der Waals surface area (Å²) in [6.45, 7) is 6.04. The Labute approximate surface area is 137 Å². The molecule has 1 saturated heterocycles. The molecule has 1 aromatic heterocycles. The van der Waals surface area contributed by atoms with Crippen LogP contribution in [0.4, 0.5) is 0 Å². The van der Waals surface area contributed by atoms with E-state index >= 15 is 0 Å². The molecule has 2 fully saturated rings. The SMILES string of the molecule is CO[C@H](C)c1noc(CN2CCC[C@H]2CN(C(C)=O)C2CC2)n1. The van der Waals surface area contributed by atoms with E-state index in [1.165, 1.54) is 0 Å². The molecule has 1 amide bonds. The molecule has 2 aliphatic rings. The van der Waals surface area contributed by atoms with Gasteiger partial charge in [0.2, 0.25) is 11.8 Å². The fourth-order valence-corrected chi connectivity index (χ4v) is 3.23. The summed E-state index contributed by atoms with van der Waals surface area (Å²) in [5, 5.41) is 3.98. The molecule has 0 aromatic carbocycles. The number of nitrogens with zero attached hydrogens (tertiary/aromatic N) is 4. The molecule has 1 aliphatic carbocycles. The van der Waals surface area contributed by atoms with E-state index in [0.717, 1.165) is 38.8 Å². The van der Waals surface area contributed by atoms with Crippen LogP contribution in [0.15, 0.2) is 4.52 Å². The second-order valence-electron chi connectivity index (χ2n) is 6.59. The number of likely N-dealkylation sites (tertiary alicyclic amines) is 1. The number of hydrogen-bond acceptors (Lipinski definition) is 6. The first-order valence-corrected chi connectivity index (χ1v) is 8.45. The van der Waals surface area contributed by atoms with Gasteiger partial charge in [-0.15, -0.1) is 0 Å². The molecule has 23 heavy (non-hydrogen) atoms. The standard InChI is InChI=1S/C16H26N4O3/c1-11(22-3)16-17-15(23-18-16)10-19-8-4-5-14(19)9-20(12(2)21)13-6-7-13/h11,13-14H,4-10H2,1-3H3/t11-,14+/m1/s1. The number of amides is 1. The van der Waals surface area contributed by atoms with Crippen LogP contribution in [0.2, 0.25) is 0 Å². The fraction of sp³-hybridized carbons (Fsp3) is 0.812. The third-order valence-electron chi connectivity index (χ3n) is 4.84. The molecule has 1 aliphatic heterocycles. The summed E-state index contributed by atoms with van der Waals surface area (Å²) in [7, 11) is 1.63. The van der Waals surface area contributed by atoms with Crippen LogP contribution in [-0.4, -0.2) is 58.1 Å². The summed E-state index contributed by atoms with van der Waals surface area (Å²) in [5.41, 5.74) is 0. The van der Waals surface area contributed by atoms with Gasteiger partial charge in [-0.2, -0.15) is 4.98 Å². The third-order valence-corrected chi connectivity index (χ3v) is 4.84. The van der Waals surface area contributed by atoms with Crippen molar-refractivity contribution in [3.63, 3.8) is 0 Å². The lowest BCUT2D eigenvalue weighted by Gasteiger charge is -2.29. The zero-order chi connectivity index (χ0) is 16.4. The molecule has 2 atom stereocenters. The molecular weight excluding hydrogens is 296 g/mol. The Morgan fingerprint density at radius 1 is 1.48 bits per heavy atom. The van der Waals surface area contributed by atoms with E-state index in [-0.39, 0.29) is 12.0 Å². The quantitative estimate of drug-likeness (QED) is 0.761. The molecule has 7 nitrogen and oxygen atoms in total. The number of ether oxygens (including phenoxy) is 1. The summed E-state index contributed by atoms with van der Waals surface area (Å²) in [6.07, 6.45) is 4.40. The average Bonchev–Trinajstić information content (AvgIpc) is 3.10. The van der Waals surface area contributed by atoms with E-state index < -0.39 is 0 Å². The first-order valence-electron chi connectivity index (χ1n) is 8.45. The van der Waals surface area contributed by atoms with Gasteiger partial charge in [-0.1, -0.05) is 5.16 Å². The number of hydrogen-bond donors (Lipinski definition) is 0. The summed E-state index contributed by atoms with van der Waals surface area (Å²) < 4.78 is 10.6. The Morgan fingerprint density at radius 2 is 2.26 bits per heavy atom. The molecule has 128 valence electrons. The van der Waals surface area contributed by atoms with Crippen molar-refractivity contribution in [2.24, 2.45) is 0 Å². The minimum Gasteiger partial charge on any atom is -0.374 e. The summed E-state index contributed by atoms with van der Waals surface area (Å²) in [5.74, 6) is 1.39. The van der Waals surface area contributed by atoms with Crippen LogP contribution in [0.1, 0.15) is 57.3 Å². The van der Waals surface area contributed by atoms with E-state index in [4.69, 9.17) is 9.26 Å². The van der Waals surface area contributed by atoms with Gasteiger partial charge in [-0.3, -0.25) is 9.69 Å². The zero-order valence-electron chi connectivity index (χ0n) is 14.2. The fourth-order valence-electron chi connectivity index (χ4n) is 3.23. The number of rotatable bonds is 7. The highest BCUT2D eigenvalue weighted by Crippen LogP contribution is 2.29. The van der Waals surface area contributed by atoms with Gasteiger partial charge < -0.3 is 14.2 Å². The van der Waals surface area contributed by atoms with Gasteiger partial charge in [0.1, 0.15) is 6.10 Å². The normalized spacial score (nSPS) is 23.2. The lowest BCUT2D eigenvalue weighted by Crippen LogP contribution is -2.43. The van der Waals surface area contributed by atoms with Crippen molar-refractivity contribution in [1.82, 2.24) is 19.9 Å². The van der Waals surface area contributed by atoms with Crippen LogP contribution in [0.5, 0.6) is 0 Å². The number of aromatic nitrogens is 2. The molecule has 0 radical (unpaired) electrons. The van der Waals surface area contributed by atoms with E-state index in [1.54, 1.807) is 14.0 Å². The van der Waals surface area contributed by atoms with Crippen molar-refractivity contribution in [2.45, 2.75) is 64.3 Å².